The Morgan fingerprint density at radius 1 is 1.16 bits per heavy atom. The molecule has 0 atom stereocenters. The maximum absolute atomic E-state index is 12.7. The molecule has 7 heteroatoms. The number of nitrogens with two attached hydrogens (primary N) is 1. The van der Waals surface area contributed by atoms with E-state index in [0.717, 1.165) is 11.4 Å². The minimum atomic E-state index is -0.119. The van der Waals surface area contributed by atoms with E-state index in [1.165, 1.54) is 0 Å². The van der Waals surface area contributed by atoms with E-state index in [1.807, 2.05) is 26.0 Å². The molecule has 0 saturated carbocycles. The highest BCUT2D eigenvalue weighted by Crippen LogP contribution is 2.22. The fourth-order valence-electron chi connectivity index (χ4n) is 2.91. The van der Waals surface area contributed by atoms with Crippen LogP contribution in [0.3, 0.4) is 0 Å². The lowest BCUT2D eigenvalue weighted by Crippen LogP contribution is -2.49. The smallest absolute Gasteiger partial charge is 0.272 e. The number of rotatable bonds is 3. The van der Waals surface area contributed by atoms with Gasteiger partial charge in [0.05, 0.1) is 0 Å². The molecular formula is C18H23N5O2. The van der Waals surface area contributed by atoms with Gasteiger partial charge in [-0.05, 0) is 24.1 Å². The topological polar surface area (TPSA) is 95.6 Å². The van der Waals surface area contributed by atoms with Gasteiger partial charge in [0.1, 0.15) is 11.4 Å². The molecule has 0 radical (unpaired) electrons. The normalized spacial score (nSPS) is 14.8. The van der Waals surface area contributed by atoms with Crippen molar-refractivity contribution in [2.45, 2.75) is 19.8 Å². The molecule has 25 heavy (non-hydrogen) atoms. The van der Waals surface area contributed by atoms with Crippen molar-refractivity contribution in [3.05, 3.63) is 41.7 Å². The van der Waals surface area contributed by atoms with Crippen LogP contribution in [0.25, 0.3) is 0 Å². The van der Waals surface area contributed by atoms with Gasteiger partial charge in [-0.15, -0.1) is 0 Å². The van der Waals surface area contributed by atoms with Gasteiger partial charge < -0.3 is 20.6 Å². The van der Waals surface area contributed by atoms with Crippen LogP contribution in [0.4, 0.5) is 11.6 Å². The van der Waals surface area contributed by atoms with Gasteiger partial charge in [0.15, 0.2) is 0 Å². The molecule has 1 fully saturated rings. The molecule has 3 N–H and O–H groups in total. The molecule has 0 spiro atoms. The highest BCUT2D eigenvalue weighted by Gasteiger charge is 2.24. The number of nitrogens with zero attached hydrogens (tertiary/aromatic N) is 4. The quantitative estimate of drug-likeness (QED) is 0.884. The van der Waals surface area contributed by atoms with E-state index in [-0.39, 0.29) is 23.5 Å². The Morgan fingerprint density at radius 2 is 1.88 bits per heavy atom. The maximum atomic E-state index is 12.7. The number of hydrogen-bond donors (Lipinski definition) is 2. The number of carbonyl (C=O) groups is 1. The Hall–Kier alpha value is -2.83. The summed E-state index contributed by atoms with van der Waals surface area (Å²) in [5.41, 5.74) is 7.83. The summed E-state index contributed by atoms with van der Waals surface area (Å²) in [6.45, 7) is 6.60. The zero-order chi connectivity index (χ0) is 18.0. The van der Waals surface area contributed by atoms with Crippen molar-refractivity contribution in [1.82, 2.24) is 14.9 Å². The number of hydrogen-bond acceptors (Lipinski definition) is 6. The highest BCUT2D eigenvalue weighted by atomic mass is 16.3. The summed E-state index contributed by atoms with van der Waals surface area (Å²) in [5.74, 6) is 0.438. The summed E-state index contributed by atoms with van der Waals surface area (Å²) in [4.78, 5) is 25.0. The van der Waals surface area contributed by atoms with Gasteiger partial charge in [0, 0.05) is 43.6 Å². The SMILES string of the molecule is CC(C)c1cc(C(=O)N2CCN(c3cccc(O)c3)CC2)nc(N)n1. The van der Waals surface area contributed by atoms with Crippen LogP contribution in [0.5, 0.6) is 5.75 Å². The average Bonchev–Trinajstić information content (AvgIpc) is 2.60. The van der Waals surface area contributed by atoms with Gasteiger partial charge in [-0.2, -0.15) is 0 Å². The summed E-state index contributed by atoms with van der Waals surface area (Å²) in [5, 5.41) is 9.61. The van der Waals surface area contributed by atoms with Gasteiger partial charge in [-0.1, -0.05) is 19.9 Å². The van der Waals surface area contributed by atoms with Crippen molar-refractivity contribution < 1.29 is 9.90 Å². The predicted octanol–water partition coefficient (Wildman–Crippen LogP) is 1.85. The van der Waals surface area contributed by atoms with Crippen LogP contribution in [0, 0.1) is 0 Å². The van der Waals surface area contributed by atoms with Gasteiger partial charge in [-0.25, -0.2) is 9.97 Å². The lowest BCUT2D eigenvalue weighted by molar-refractivity contribution is 0.0740. The van der Waals surface area contributed by atoms with Crippen molar-refractivity contribution in [2.24, 2.45) is 0 Å². The molecule has 1 amide bonds. The third-order valence-electron chi connectivity index (χ3n) is 4.34. The fraction of sp³-hybridized carbons (Fsp3) is 0.389. The van der Waals surface area contributed by atoms with Crippen LogP contribution in [-0.4, -0.2) is 52.1 Å². The number of aromatic hydroxyl groups is 1. The molecular weight excluding hydrogens is 318 g/mol. The Balaban J connectivity index is 1.69. The van der Waals surface area contributed by atoms with Crippen LogP contribution in [0.1, 0.15) is 35.9 Å². The summed E-state index contributed by atoms with van der Waals surface area (Å²) in [6, 6.07) is 8.88. The largest absolute Gasteiger partial charge is 0.508 e. The minimum Gasteiger partial charge on any atom is -0.508 e. The van der Waals surface area contributed by atoms with Crippen LogP contribution in [0.2, 0.25) is 0 Å². The number of anilines is 2. The van der Waals surface area contributed by atoms with Crippen molar-refractivity contribution in [1.29, 1.82) is 0 Å². The Kier molecular flexibility index (Phi) is 4.74. The molecule has 1 aromatic carbocycles. The van der Waals surface area contributed by atoms with E-state index in [2.05, 4.69) is 14.9 Å². The fourth-order valence-corrected chi connectivity index (χ4v) is 2.91. The standard InChI is InChI=1S/C18H23N5O2/c1-12(2)15-11-16(21-18(19)20-15)17(25)23-8-6-22(7-9-23)13-4-3-5-14(24)10-13/h3-5,10-12,24H,6-9H2,1-2H3,(H2,19,20,21). The van der Waals surface area contributed by atoms with E-state index in [4.69, 9.17) is 5.73 Å². The van der Waals surface area contributed by atoms with Crippen molar-refractivity contribution in [2.75, 3.05) is 36.8 Å². The number of carbonyl (C=O) groups excluding carboxylic acids is 1. The van der Waals surface area contributed by atoms with Gasteiger partial charge in [0.2, 0.25) is 5.95 Å². The van der Waals surface area contributed by atoms with Gasteiger partial charge >= 0.3 is 0 Å². The molecule has 0 bridgehead atoms. The number of phenols is 1. The highest BCUT2D eigenvalue weighted by molar-refractivity contribution is 5.92. The van der Waals surface area contributed by atoms with E-state index >= 15 is 0 Å². The minimum absolute atomic E-state index is 0.119. The summed E-state index contributed by atoms with van der Waals surface area (Å²) < 4.78 is 0. The third kappa shape index (κ3) is 3.81. The second kappa shape index (κ2) is 6.96. The first kappa shape index (κ1) is 17.0. The maximum Gasteiger partial charge on any atom is 0.272 e. The lowest BCUT2D eigenvalue weighted by Gasteiger charge is -2.36. The van der Waals surface area contributed by atoms with Crippen LogP contribution in [0.15, 0.2) is 30.3 Å². The number of phenolic OH excluding ortho intramolecular Hbond substituents is 1. The van der Waals surface area contributed by atoms with Crippen LogP contribution < -0.4 is 10.6 Å². The van der Waals surface area contributed by atoms with Gasteiger partial charge in [0.25, 0.3) is 5.91 Å². The third-order valence-corrected chi connectivity index (χ3v) is 4.34. The van der Waals surface area contributed by atoms with E-state index in [1.54, 1.807) is 23.1 Å². The zero-order valence-corrected chi connectivity index (χ0v) is 14.5. The monoisotopic (exact) mass is 341 g/mol. The first-order chi connectivity index (χ1) is 11.9. The second-order valence-electron chi connectivity index (χ2n) is 6.49. The van der Waals surface area contributed by atoms with E-state index in [9.17, 15) is 9.90 Å². The Labute approximate surface area is 147 Å². The second-order valence-corrected chi connectivity index (χ2v) is 6.49. The molecule has 3 rings (SSSR count). The molecule has 1 aliphatic heterocycles. The van der Waals surface area contributed by atoms with Crippen molar-refractivity contribution in [3.63, 3.8) is 0 Å². The Morgan fingerprint density at radius 3 is 2.52 bits per heavy atom. The molecule has 1 saturated heterocycles. The van der Waals surface area contributed by atoms with Gasteiger partial charge in [-0.3, -0.25) is 4.79 Å². The van der Waals surface area contributed by atoms with Crippen LogP contribution in [-0.2, 0) is 0 Å². The zero-order valence-electron chi connectivity index (χ0n) is 14.5. The summed E-state index contributed by atoms with van der Waals surface area (Å²) in [7, 11) is 0. The molecule has 132 valence electrons. The number of piperazine rings is 1. The van der Waals surface area contributed by atoms with Crippen molar-refractivity contribution >= 4 is 17.5 Å². The molecule has 1 aromatic heterocycles. The average molecular weight is 341 g/mol. The number of nitrogen functional groups attached to an aromatic ring is 1. The molecule has 0 aliphatic carbocycles. The predicted molar refractivity (Wildman–Crippen MR) is 96.8 cm³/mol. The van der Waals surface area contributed by atoms with E-state index in [0.29, 0.717) is 31.9 Å². The molecule has 1 aliphatic rings. The first-order valence-electron chi connectivity index (χ1n) is 8.42. The van der Waals surface area contributed by atoms with Crippen molar-refractivity contribution in [3.8, 4) is 5.75 Å². The number of amides is 1. The molecule has 2 heterocycles. The first-order valence-corrected chi connectivity index (χ1v) is 8.42. The van der Waals surface area contributed by atoms with E-state index < -0.39 is 0 Å². The summed E-state index contributed by atoms with van der Waals surface area (Å²) >= 11 is 0. The Bertz CT molecular complexity index is 770. The number of benzene rings is 1. The van der Waals surface area contributed by atoms with Crippen LogP contribution >= 0.6 is 0 Å². The number of aromatic nitrogens is 2. The molecule has 2 aromatic rings. The lowest BCUT2D eigenvalue weighted by atomic mass is 10.1. The molecule has 7 nitrogen and oxygen atoms in total. The molecule has 0 unspecified atom stereocenters. The summed E-state index contributed by atoms with van der Waals surface area (Å²) in [6.07, 6.45) is 0.